The van der Waals surface area contributed by atoms with Gasteiger partial charge in [-0.05, 0) is 18.4 Å². The lowest BCUT2D eigenvalue weighted by Crippen LogP contribution is -2.65. The SMILES string of the molecule is CC(C)c1cc2c(NC3C(N)C4CCOC43)nccn2n1. The van der Waals surface area contributed by atoms with E-state index in [0.717, 1.165) is 30.1 Å². The summed E-state index contributed by atoms with van der Waals surface area (Å²) < 4.78 is 7.65. The average Bonchev–Trinajstić information content (AvgIpc) is 3.09. The van der Waals surface area contributed by atoms with Crippen LogP contribution >= 0.6 is 0 Å². The van der Waals surface area contributed by atoms with Crippen LogP contribution in [0.5, 0.6) is 0 Å². The first kappa shape index (κ1) is 13.0. The number of hydrogen-bond acceptors (Lipinski definition) is 5. The molecule has 3 N–H and O–H groups in total. The van der Waals surface area contributed by atoms with Crippen LogP contribution in [0, 0.1) is 5.92 Å². The lowest BCUT2D eigenvalue weighted by atomic mass is 9.72. The van der Waals surface area contributed by atoms with Crippen molar-refractivity contribution in [2.24, 2.45) is 11.7 Å². The van der Waals surface area contributed by atoms with E-state index in [-0.39, 0.29) is 18.2 Å². The van der Waals surface area contributed by atoms with Crippen LogP contribution in [0.4, 0.5) is 5.82 Å². The minimum atomic E-state index is 0.145. The van der Waals surface area contributed by atoms with Gasteiger partial charge in [-0.2, -0.15) is 5.10 Å². The molecule has 6 nitrogen and oxygen atoms in total. The zero-order valence-electron chi connectivity index (χ0n) is 12.4. The summed E-state index contributed by atoms with van der Waals surface area (Å²) in [5.41, 5.74) is 8.32. The van der Waals surface area contributed by atoms with Crippen LogP contribution < -0.4 is 11.1 Å². The van der Waals surface area contributed by atoms with Crippen molar-refractivity contribution in [2.75, 3.05) is 11.9 Å². The Hall–Kier alpha value is -1.66. The Kier molecular flexibility index (Phi) is 2.90. The predicted molar refractivity (Wildman–Crippen MR) is 80.3 cm³/mol. The molecule has 4 atom stereocenters. The van der Waals surface area contributed by atoms with Gasteiger partial charge < -0.3 is 15.8 Å². The molecule has 1 aliphatic heterocycles. The smallest absolute Gasteiger partial charge is 0.152 e. The van der Waals surface area contributed by atoms with Gasteiger partial charge >= 0.3 is 0 Å². The highest BCUT2D eigenvalue weighted by atomic mass is 16.5. The van der Waals surface area contributed by atoms with Gasteiger partial charge in [0.2, 0.25) is 0 Å². The quantitative estimate of drug-likeness (QED) is 0.892. The van der Waals surface area contributed by atoms with Crippen LogP contribution in [0.3, 0.4) is 0 Å². The van der Waals surface area contributed by atoms with Crippen LogP contribution in [0.1, 0.15) is 31.9 Å². The van der Waals surface area contributed by atoms with Gasteiger partial charge in [0, 0.05) is 31.0 Å². The molecule has 4 unspecified atom stereocenters. The molecule has 1 saturated carbocycles. The maximum atomic E-state index is 6.26. The molecule has 6 heteroatoms. The maximum absolute atomic E-state index is 6.26. The van der Waals surface area contributed by atoms with Crippen molar-refractivity contribution >= 4 is 11.3 Å². The summed E-state index contributed by atoms with van der Waals surface area (Å²) in [5, 5.41) is 8.06. The van der Waals surface area contributed by atoms with Crippen LogP contribution in [0.15, 0.2) is 18.5 Å². The molecule has 1 aliphatic carbocycles. The molecule has 0 spiro atoms. The molecule has 2 aromatic rings. The molecule has 0 radical (unpaired) electrons. The van der Waals surface area contributed by atoms with Crippen molar-refractivity contribution in [3.8, 4) is 0 Å². The Morgan fingerprint density at radius 2 is 2.33 bits per heavy atom. The third kappa shape index (κ3) is 1.93. The fraction of sp³-hybridized carbons (Fsp3) is 0.600. The molecule has 112 valence electrons. The zero-order valence-corrected chi connectivity index (χ0v) is 12.4. The number of ether oxygens (including phenoxy) is 1. The normalized spacial score (nSPS) is 31.4. The Labute approximate surface area is 123 Å². The molecule has 0 amide bonds. The highest BCUT2D eigenvalue weighted by Crippen LogP contribution is 2.39. The van der Waals surface area contributed by atoms with Crippen LogP contribution in [0.2, 0.25) is 0 Å². The molecule has 21 heavy (non-hydrogen) atoms. The molecule has 0 aromatic carbocycles. The minimum absolute atomic E-state index is 0.145. The third-order valence-corrected chi connectivity index (χ3v) is 4.75. The van der Waals surface area contributed by atoms with Crippen LogP contribution in [0.25, 0.3) is 5.52 Å². The molecule has 2 fully saturated rings. The lowest BCUT2D eigenvalue weighted by Gasteiger charge is -2.45. The number of nitrogens with two attached hydrogens (primary N) is 1. The third-order valence-electron chi connectivity index (χ3n) is 4.75. The van der Waals surface area contributed by atoms with Gasteiger partial charge in [0.05, 0.1) is 17.8 Å². The van der Waals surface area contributed by atoms with Gasteiger partial charge in [0.1, 0.15) is 5.52 Å². The largest absolute Gasteiger partial charge is 0.376 e. The lowest BCUT2D eigenvalue weighted by molar-refractivity contribution is 0.00528. The average molecular weight is 287 g/mol. The van der Waals surface area contributed by atoms with E-state index < -0.39 is 0 Å². The van der Waals surface area contributed by atoms with Crippen molar-refractivity contribution in [3.05, 3.63) is 24.2 Å². The maximum Gasteiger partial charge on any atom is 0.152 e. The first-order valence-electron chi connectivity index (χ1n) is 7.63. The summed E-state index contributed by atoms with van der Waals surface area (Å²) in [5.74, 6) is 1.73. The Bertz CT molecular complexity index is 667. The second-order valence-electron chi connectivity index (χ2n) is 6.36. The van der Waals surface area contributed by atoms with Gasteiger partial charge in [0.15, 0.2) is 5.82 Å². The Balaban J connectivity index is 1.64. The van der Waals surface area contributed by atoms with E-state index >= 15 is 0 Å². The Morgan fingerprint density at radius 1 is 1.48 bits per heavy atom. The van der Waals surface area contributed by atoms with E-state index in [9.17, 15) is 0 Å². The van der Waals surface area contributed by atoms with Crippen LogP contribution in [-0.4, -0.2) is 39.4 Å². The Morgan fingerprint density at radius 3 is 3.14 bits per heavy atom. The number of rotatable bonds is 3. The summed E-state index contributed by atoms with van der Waals surface area (Å²) in [6.45, 7) is 5.10. The number of anilines is 1. The number of nitrogens with zero attached hydrogens (tertiary/aromatic N) is 3. The fourth-order valence-corrected chi connectivity index (χ4v) is 3.42. The predicted octanol–water partition coefficient (Wildman–Crippen LogP) is 1.38. The molecule has 1 saturated heterocycles. The second-order valence-corrected chi connectivity index (χ2v) is 6.36. The molecule has 2 aliphatic rings. The topological polar surface area (TPSA) is 77.5 Å². The van der Waals surface area contributed by atoms with Gasteiger partial charge in [-0.3, -0.25) is 0 Å². The van der Waals surface area contributed by atoms with Crippen LogP contribution in [-0.2, 0) is 4.74 Å². The van der Waals surface area contributed by atoms with Gasteiger partial charge in [-0.25, -0.2) is 9.50 Å². The van der Waals surface area contributed by atoms with E-state index in [1.165, 1.54) is 0 Å². The standard InChI is InChI=1S/C15H21N5O/c1-8(2)10-7-11-15(17-4-5-20(11)19-10)18-13-12(16)9-3-6-21-14(9)13/h4-5,7-9,12-14H,3,6,16H2,1-2H3,(H,17,18). The minimum Gasteiger partial charge on any atom is -0.376 e. The number of fused-ring (bicyclic) bond motifs is 2. The molecular weight excluding hydrogens is 266 g/mol. The number of nitrogens with one attached hydrogen (secondary N) is 1. The van der Waals surface area contributed by atoms with Crippen molar-refractivity contribution in [1.82, 2.24) is 14.6 Å². The first-order valence-corrected chi connectivity index (χ1v) is 7.63. The molecule has 4 rings (SSSR count). The molecular formula is C15H21N5O. The summed E-state index contributed by atoms with van der Waals surface area (Å²) in [7, 11) is 0. The van der Waals surface area contributed by atoms with Gasteiger partial charge in [0.25, 0.3) is 0 Å². The van der Waals surface area contributed by atoms with Crippen molar-refractivity contribution in [3.63, 3.8) is 0 Å². The van der Waals surface area contributed by atoms with E-state index in [1.54, 1.807) is 6.20 Å². The van der Waals surface area contributed by atoms with E-state index in [4.69, 9.17) is 10.5 Å². The summed E-state index contributed by atoms with van der Waals surface area (Å²) in [6, 6.07) is 2.39. The highest BCUT2D eigenvalue weighted by Gasteiger charge is 2.52. The molecule has 0 bridgehead atoms. The van der Waals surface area contributed by atoms with Gasteiger partial charge in [-0.15, -0.1) is 0 Å². The molecule has 3 heterocycles. The monoisotopic (exact) mass is 287 g/mol. The number of hydrogen-bond donors (Lipinski definition) is 2. The van der Waals surface area contributed by atoms with Crippen molar-refractivity contribution in [2.45, 2.75) is 44.4 Å². The van der Waals surface area contributed by atoms with E-state index in [2.05, 4.69) is 35.3 Å². The first-order chi connectivity index (χ1) is 10.1. The summed E-state index contributed by atoms with van der Waals surface area (Å²) >= 11 is 0. The zero-order chi connectivity index (χ0) is 14.6. The summed E-state index contributed by atoms with van der Waals surface area (Å²) in [4.78, 5) is 4.47. The van der Waals surface area contributed by atoms with Gasteiger partial charge in [-0.1, -0.05) is 13.8 Å². The molecule has 2 aromatic heterocycles. The number of aromatic nitrogens is 3. The highest BCUT2D eigenvalue weighted by molar-refractivity contribution is 5.68. The van der Waals surface area contributed by atoms with Crippen molar-refractivity contribution in [1.29, 1.82) is 0 Å². The van der Waals surface area contributed by atoms with E-state index in [0.29, 0.717) is 11.8 Å². The second kappa shape index (κ2) is 4.68. The van der Waals surface area contributed by atoms with E-state index in [1.807, 2.05) is 10.7 Å². The van der Waals surface area contributed by atoms with Crippen molar-refractivity contribution < 1.29 is 4.74 Å². The summed E-state index contributed by atoms with van der Waals surface area (Å²) in [6.07, 6.45) is 4.95. The fourth-order valence-electron chi connectivity index (χ4n) is 3.42.